The lowest BCUT2D eigenvalue weighted by molar-refractivity contribution is -0.135. The second-order valence-corrected chi connectivity index (χ2v) is 4.86. The van der Waals surface area contributed by atoms with Crippen molar-refractivity contribution >= 4 is 29.3 Å². The molecule has 0 bridgehead atoms. The van der Waals surface area contributed by atoms with E-state index in [1.165, 1.54) is 11.3 Å². The lowest BCUT2D eigenvalue weighted by Gasteiger charge is -2.16. The number of hydrogen-bond acceptors (Lipinski definition) is 4. The van der Waals surface area contributed by atoms with Crippen LogP contribution in [0.3, 0.4) is 0 Å². The van der Waals surface area contributed by atoms with E-state index in [1.807, 2.05) is 18.4 Å². The van der Waals surface area contributed by atoms with Crippen LogP contribution in [0.4, 0.5) is 0 Å². The summed E-state index contributed by atoms with van der Waals surface area (Å²) in [5.74, 6) is -1.05. The molecule has 0 aromatic carbocycles. The van der Waals surface area contributed by atoms with Gasteiger partial charge in [0, 0.05) is 31.2 Å². The minimum absolute atomic E-state index is 0.0734. The number of hydrogen-bond donors (Lipinski definition) is 1. The van der Waals surface area contributed by atoms with E-state index in [-0.39, 0.29) is 12.5 Å². The molecular formula is C13H17NO4S. The standard InChI is InChI=1S/C13H17NO4S/c1-3-18-8-12(15)14(2)7-10-6-11(19-9-10)4-5-13(16)17/h4-6,9H,3,7-8H2,1-2H3,(H,16,17)/b5-4+. The highest BCUT2D eigenvalue weighted by atomic mass is 32.1. The molecule has 0 spiro atoms. The average molecular weight is 283 g/mol. The Bertz CT molecular complexity index is 467. The van der Waals surface area contributed by atoms with Gasteiger partial charge in [-0.3, -0.25) is 4.79 Å². The number of aliphatic carboxylic acids is 1. The molecule has 5 nitrogen and oxygen atoms in total. The summed E-state index contributed by atoms with van der Waals surface area (Å²) in [6.07, 6.45) is 2.64. The number of rotatable bonds is 7. The van der Waals surface area contributed by atoms with E-state index in [0.717, 1.165) is 16.5 Å². The highest BCUT2D eigenvalue weighted by molar-refractivity contribution is 7.11. The zero-order valence-corrected chi connectivity index (χ0v) is 11.8. The number of ether oxygens (including phenoxy) is 1. The van der Waals surface area contributed by atoms with Gasteiger partial charge >= 0.3 is 5.97 Å². The lowest BCUT2D eigenvalue weighted by Crippen LogP contribution is -2.29. The zero-order valence-electron chi connectivity index (χ0n) is 11.0. The summed E-state index contributed by atoms with van der Waals surface area (Å²) in [6.45, 7) is 2.93. The van der Waals surface area contributed by atoms with Crippen LogP contribution in [0.2, 0.25) is 0 Å². The Balaban J connectivity index is 2.53. The summed E-state index contributed by atoms with van der Waals surface area (Å²) < 4.78 is 5.06. The van der Waals surface area contributed by atoms with E-state index >= 15 is 0 Å². The second-order valence-electron chi connectivity index (χ2n) is 3.92. The summed E-state index contributed by atoms with van der Waals surface area (Å²) >= 11 is 1.44. The highest BCUT2D eigenvalue weighted by Gasteiger charge is 2.09. The van der Waals surface area contributed by atoms with Gasteiger partial charge in [-0.2, -0.15) is 0 Å². The van der Waals surface area contributed by atoms with Gasteiger partial charge < -0.3 is 14.7 Å². The number of carbonyl (C=O) groups is 2. The van der Waals surface area contributed by atoms with Gasteiger partial charge in [0.2, 0.25) is 5.91 Å². The van der Waals surface area contributed by atoms with E-state index in [2.05, 4.69) is 0 Å². The molecule has 0 aliphatic carbocycles. The summed E-state index contributed by atoms with van der Waals surface area (Å²) in [7, 11) is 1.71. The molecule has 0 aliphatic rings. The van der Waals surface area contributed by atoms with E-state index in [0.29, 0.717) is 13.2 Å². The zero-order chi connectivity index (χ0) is 14.3. The van der Waals surface area contributed by atoms with Gasteiger partial charge in [0.25, 0.3) is 0 Å². The Morgan fingerprint density at radius 3 is 2.89 bits per heavy atom. The largest absolute Gasteiger partial charge is 0.478 e. The minimum Gasteiger partial charge on any atom is -0.478 e. The van der Waals surface area contributed by atoms with Gasteiger partial charge in [-0.15, -0.1) is 11.3 Å². The van der Waals surface area contributed by atoms with Crippen LogP contribution in [0.25, 0.3) is 6.08 Å². The smallest absolute Gasteiger partial charge is 0.328 e. The Labute approximate surface area is 116 Å². The van der Waals surface area contributed by atoms with Crippen LogP contribution in [0, 0.1) is 0 Å². The van der Waals surface area contributed by atoms with Gasteiger partial charge in [0.05, 0.1) is 0 Å². The van der Waals surface area contributed by atoms with Gasteiger partial charge in [-0.1, -0.05) is 0 Å². The van der Waals surface area contributed by atoms with Crippen molar-refractivity contribution in [1.29, 1.82) is 0 Å². The molecule has 1 aromatic rings. The molecule has 0 radical (unpaired) electrons. The van der Waals surface area contributed by atoms with Gasteiger partial charge in [0.1, 0.15) is 6.61 Å². The Hall–Kier alpha value is -1.66. The van der Waals surface area contributed by atoms with Crippen molar-refractivity contribution < 1.29 is 19.4 Å². The molecule has 6 heteroatoms. The average Bonchev–Trinajstić information content (AvgIpc) is 2.81. The SMILES string of the molecule is CCOCC(=O)N(C)Cc1csc(/C=C/C(=O)O)c1. The van der Waals surface area contributed by atoms with Crippen molar-refractivity contribution in [3.05, 3.63) is 28.0 Å². The van der Waals surface area contributed by atoms with Crippen molar-refractivity contribution in [2.45, 2.75) is 13.5 Å². The molecule has 1 rings (SSSR count). The minimum atomic E-state index is -0.973. The first-order valence-electron chi connectivity index (χ1n) is 5.83. The summed E-state index contributed by atoms with van der Waals surface area (Å²) in [5.41, 5.74) is 0.974. The van der Waals surface area contributed by atoms with Crippen molar-refractivity contribution in [3.8, 4) is 0 Å². The maximum Gasteiger partial charge on any atom is 0.328 e. The van der Waals surface area contributed by atoms with Gasteiger partial charge in [-0.05, 0) is 30.0 Å². The van der Waals surface area contributed by atoms with Crippen LogP contribution in [0.5, 0.6) is 0 Å². The maximum absolute atomic E-state index is 11.6. The van der Waals surface area contributed by atoms with Crippen LogP contribution >= 0.6 is 11.3 Å². The summed E-state index contributed by atoms with van der Waals surface area (Å²) in [6, 6.07) is 1.87. The second kappa shape index (κ2) is 7.70. The predicted molar refractivity (Wildman–Crippen MR) is 74.0 cm³/mol. The van der Waals surface area contributed by atoms with Crippen molar-refractivity contribution in [1.82, 2.24) is 4.90 Å². The Morgan fingerprint density at radius 1 is 1.53 bits per heavy atom. The quantitative estimate of drug-likeness (QED) is 0.775. The van der Waals surface area contributed by atoms with Gasteiger partial charge in [-0.25, -0.2) is 4.79 Å². The number of carboxylic acid groups (broad SMARTS) is 1. The first kappa shape index (κ1) is 15.4. The molecule has 19 heavy (non-hydrogen) atoms. The molecule has 0 atom stereocenters. The van der Waals surface area contributed by atoms with Crippen molar-refractivity contribution in [3.63, 3.8) is 0 Å². The maximum atomic E-state index is 11.6. The fourth-order valence-electron chi connectivity index (χ4n) is 1.38. The monoisotopic (exact) mass is 283 g/mol. The molecule has 1 amide bonds. The van der Waals surface area contributed by atoms with Crippen LogP contribution in [-0.2, 0) is 20.9 Å². The first-order chi connectivity index (χ1) is 9.02. The molecule has 0 fully saturated rings. The molecule has 0 aliphatic heterocycles. The number of nitrogens with zero attached hydrogens (tertiary/aromatic N) is 1. The Kier molecular flexibility index (Phi) is 6.24. The number of amides is 1. The fraction of sp³-hybridized carbons (Fsp3) is 0.385. The molecule has 1 heterocycles. The Morgan fingerprint density at radius 2 is 2.26 bits per heavy atom. The fourth-order valence-corrected chi connectivity index (χ4v) is 2.18. The third-order valence-electron chi connectivity index (χ3n) is 2.34. The van der Waals surface area contributed by atoms with E-state index in [4.69, 9.17) is 9.84 Å². The van der Waals surface area contributed by atoms with Gasteiger partial charge in [0.15, 0.2) is 0 Å². The van der Waals surface area contributed by atoms with E-state index in [1.54, 1.807) is 18.0 Å². The topological polar surface area (TPSA) is 66.8 Å². The predicted octanol–water partition coefficient (Wildman–Crippen LogP) is 1.84. The third-order valence-corrected chi connectivity index (χ3v) is 3.29. The van der Waals surface area contributed by atoms with Crippen molar-refractivity contribution in [2.24, 2.45) is 0 Å². The summed E-state index contributed by atoms with van der Waals surface area (Å²) in [4.78, 5) is 24.5. The first-order valence-corrected chi connectivity index (χ1v) is 6.71. The van der Waals surface area contributed by atoms with Crippen LogP contribution in [-0.4, -0.2) is 42.1 Å². The van der Waals surface area contributed by atoms with Crippen LogP contribution in [0.15, 0.2) is 17.5 Å². The lowest BCUT2D eigenvalue weighted by atomic mass is 10.3. The molecular weight excluding hydrogens is 266 g/mol. The van der Waals surface area contributed by atoms with Crippen molar-refractivity contribution in [2.75, 3.05) is 20.3 Å². The highest BCUT2D eigenvalue weighted by Crippen LogP contribution is 2.17. The number of carboxylic acids is 1. The molecule has 1 N–H and O–H groups in total. The molecule has 0 unspecified atom stereocenters. The molecule has 0 saturated carbocycles. The van der Waals surface area contributed by atoms with Crippen LogP contribution in [0.1, 0.15) is 17.4 Å². The summed E-state index contributed by atoms with van der Waals surface area (Å²) in [5, 5.41) is 10.4. The molecule has 1 aromatic heterocycles. The van der Waals surface area contributed by atoms with E-state index in [9.17, 15) is 9.59 Å². The van der Waals surface area contributed by atoms with Crippen LogP contribution < -0.4 is 0 Å². The van der Waals surface area contributed by atoms with E-state index < -0.39 is 5.97 Å². The molecule has 0 saturated heterocycles. The normalized spacial score (nSPS) is 10.8. The number of thiophene rings is 1. The number of likely N-dealkylation sites (N-methyl/N-ethyl adjacent to an activating group) is 1. The third kappa shape index (κ3) is 5.67. The molecule has 104 valence electrons. The number of carbonyl (C=O) groups excluding carboxylic acids is 1.